The minimum Gasteiger partial charge on any atom is -0.481 e. The van der Waals surface area contributed by atoms with Crippen LogP contribution in [-0.2, 0) is 9.59 Å². The average Bonchev–Trinajstić information content (AvgIpc) is 3.03. The fourth-order valence-electron chi connectivity index (χ4n) is 2.86. The van der Waals surface area contributed by atoms with Gasteiger partial charge in [-0.25, -0.2) is 0 Å². The molecule has 102 valence electrons. The Kier molecular flexibility index (Phi) is 3.36. The van der Waals surface area contributed by atoms with Crippen molar-refractivity contribution < 1.29 is 14.7 Å². The van der Waals surface area contributed by atoms with Gasteiger partial charge in [-0.1, -0.05) is 13.8 Å². The highest BCUT2D eigenvalue weighted by Crippen LogP contribution is 2.34. The zero-order valence-corrected chi connectivity index (χ0v) is 11.3. The number of nitrogens with zero attached hydrogens (tertiary/aromatic N) is 2. The summed E-state index contributed by atoms with van der Waals surface area (Å²) in [5.74, 6) is -0.913. The van der Waals surface area contributed by atoms with E-state index in [1.807, 2.05) is 16.8 Å². The number of carboxylic acids is 1. The van der Waals surface area contributed by atoms with Gasteiger partial charge in [0.25, 0.3) is 0 Å². The van der Waals surface area contributed by atoms with E-state index in [0.717, 1.165) is 25.9 Å². The van der Waals surface area contributed by atoms with Crippen LogP contribution in [0.5, 0.6) is 0 Å². The fraction of sp³-hybridized carbons (Fsp3) is 0.846. The molecule has 1 aliphatic carbocycles. The van der Waals surface area contributed by atoms with Crippen LogP contribution in [0, 0.1) is 5.41 Å². The van der Waals surface area contributed by atoms with Crippen LogP contribution < -0.4 is 0 Å². The highest BCUT2D eigenvalue weighted by atomic mass is 16.4. The third-order valence-corrected chi connectivity index (χ3v) is 3.73. The van der Waals surface area contributed by atoms with Crippen molar-refractivity contribution in [3.63, 3.8) is 0 Å². The first-order valence-electron chi connectivity index (χ1n) is 6.53. The SMILES string of the molecule is CN1CC(C)(C)CN(C2CC2)C(=O)C1CC(=O)O. The molecule has 0 spiro atoms. The fourth-order valence-corrected chi connectivity index (χ4v) is 2.86. The Morgan fingerprint density at radius 1 is 1.39 bits per heavy atom. The number of aliphatic carboxylic acids is 1. The summed E-state index contributed by atoms with van der Waals surface area (Å²) in [6, 6.07) is -0.163. The summed E-state index contributed by atoms with van der Waals surface area (Å²) in [7, 11) is 1.85. The van der Waals surface area contributed by atoms with Crippen molar-refractivity contribution in [3.8, 4) is 0 Å². The lowest BCUT2D eigenvalue weighted by Gasteiger charge is -2.29. The van der Waals surface area contributed by atoms with Gasteiger partial charge in [0.1, 0.15) is 0 Å². The van der Waals surface area contributed by atoms with Crippen molar-refractivity contribution in [2.45, 2.75) is 45.2 Å². The molecule has 0 radical (unpaired) electrons. The van der Waals surface area contributed by atoms with Crippen LogP contribution in [0.25, 0.3) is 0 Å². The van der Waals surface area contributed by atoms with E-state index in [1.54, 1.807) is 0 Å². The van der Waals surface area contributed by atoms with Crippen LogP contribution in [0.2, 0.25) is 0 Å². The van der Waals surface area contributed by atoms with Crippen LogP contribution in [0.15, 0.2) is 0 Å². The van der Waals surface area contributed by atoms with E-state index in [4.69, 9.17) is 5.11 Å². The highest BCUT2D eigenvalue weighted by molar-refractivity contribution is 5.87. The first kappa shape index (κ1) is 13.3. The minimum absolute atomic E-state index is 0.00650. The molecule has 1 N–H and O–H groups in total. The zero-order valence-electron chi connectivity index (χ0n) is 11.3. The molecular weight excluding hydrogens is 232 g/mol. The molecule has 0 aromatic heterocycles. The first-order valence-corrected chi connectivity index (χ1v) is 6.53. The maximum absolute atomic E-state index is 12.5. The van der Waals surface area contributed by atoms with Gasteiger partial charge in [0.05, 0.1) is 12.5 Å². The Hall–Kier alpha value is -1.10. The van der Waals surface area contributed by atoms with E-state index in [0.29, 0.717) is 6.04 Å². The Morgan fingerprint density at radius 2 is 2.00 bits per heavy atom. The van der Waals surface area contributed by atoms with Gasteiger partial charge in [-0.15, -0.1) is 0 Å². The molecule has 0 aromatic rings. The zero-order chi connectivity index (χ0) is 13.5. The van der Waals surface area contributed by atoms with E-state index < -0.39 is 12.0 Å². The molecule has 18 heavy (non-hydrogen) atoms. The van der Waals surface area contributed by atoms with Crippen LogP contribution in [0.4, 0.5) is 0 Å². The van der Waals surface area contributed by atoms with Gasteiger partial charge in [0, 0.05) is 19.1 Å². The molecule has 1 heterocycles. The van der Waals surface area contributed by atoms with Crippen molar-refractivity contribution in [2.24, 2.45) is 5.41 Å². The van der Waals surface area contributed by atoms with Gasteiger partial charge in [-0.3, -0.25) is 14.5 Å². The summed E-state index contributed by atoms with van der Waals surface area (Å²) in [5, 5.41) is 8.97. The third kappa shape index (κ3) is 2.83. The second kappa shape index (κ2) is 4.53. The maximum atomic E-state index is 12.5. The van der Waals surface area contributed by atoms with Crippen molar-refractivity contribution in [3.05, 3.63) is 0 Å². The maximum Gasteiger partial charge on any atom is 0.305 e. The van der Waals surface area contributed by atoms with Gasteiger partial charge >= 0.3 is 5.97 Å². The number of amides is 1. The number of carbonyl (C=O) groups is 2. The molecule has 1 atom stereocenters. The second-order valence-corrected chi connectivity index (χ2v) is 6.39. The standard InChI is InChI=1S/C13H22N2O3/c1-13(2)7-14(3)10(6-11(16)17)12(18)15(8-13)9-4-5-9/h9-10H,4-8H2,1-3H3,(H,16,17). The monoisotopic (exact) mass is 254 g/mol. The topological polar surface area (TPSA) is 60.9 Å². The summed E-state index contributed by atoms with van der Waals surface area (Å²) >= 11 is 0. The third-order valence-electron chi connectivity index (χ3n) is 3.73. The molecule has 1 unspecified atom stereocenters. The Labute approximate surface area is 108 Å². The van der Waals surface area contributed by atoms with Crippen LogP contribution in [0.1, 0.15) is 33.1 Å². The molecule has 1 saturated carbocycles. The summed E-state index contributed by atoms with van der Waals surface area (Å²) in [6.45, 7) is 5.75. The summed E-state index contributed by atoms with van der Waals surface area (Å²) in [4.78, 5) is 27.2. The molecular formula is C13H22N2O3. The molecule has 2 rings (SSSR count). The summed E-state index contributed by atoms with van der Waals surface area (Å²) in [5.41, 5.74) is 0.0141. The summed E-state index contributed by atoms with van der Waals surface area (Å²) in [6.07, 6.45) is 2.02. The lowest BCUT2D eigenvalue weighted by molar-refractivity contribution is -0.144. The largest absolute Gasteiger partial charge is 0.481 e. The van der Waals surface area contributed by atoms with Gasteiger partial charge in [0.2, 0.25) is 5.91 Å². The quantitative estimate of drug-likeness (QED) is 0.809. The van der Waals surface area contributed by atoms with E-state index >= 15 is 0 Å². The van der Waals surface area contributed by atoms with Gasteiger partial charge in [-0.2, -0.15) is 0 Å². The minimum atomic E-state index is -0.907. The number of rotatable bonds is 3. The molecule has 5 nitrogen and oxygen atoms in total. The Morgan fingerprint density at radius 3 is 2.50 bits per heavy atom. The molecule has 1 aliphatic heterocycles. The Bertz CT molecular complexity index is 363. The number of carboxylic acid groups (broad SMARTS) is 1. The van der Waals surface area contributed by atoms with Gasteiger partial charge in [0.15, 0.2) is 0 Å². The van der Waals surface area contributed by atoms with E-state index in [1.165, 1.54) is 0 Å². The van der Waals surface area contributed by atoms with Crippen LogP contribution in [0.3, 0.4) is 0 Å². The average molecular weight is 254 g/mol. The lowest BCUT2D eigenvalue weighted by Crippen LogP contribution is -2.46. The molecule has 1 amide bonds. The summed E-state index contributed by atoms with van der Waals surface area (Å²) < 4.78 is 0. The van der Waals surface area contributed by atoms with Crippen molar-refractivity contribution in [1.29, 1.82) is 0 Å². The number of hydrogen-bond donors (Lipinski definition) is 1. The molecule has 1 saturated heterocycles. The van der Waals surface area contributed by atoms with Crippen molar-refractivity contribution >= 4 is 11.9 Å². The van der Waals surface area contributed by atoms with Crippen molar-refractivity contribution in [1.82, 2.24) is 9.80 Å². The second-order valence-electron chi connectivity index (χ2n) is 6.39. The van der Waals surface area contributed by atoms with E-state index in [-0.39, 0.29) is 17.7 Å². The van der Waals surface area contributed by atoms with Crippen LogP contribution in [-0.4, -0.2) is 59.0 Å². The molecule has 0 aromatic carbocycles. The first-order chi connectivity index (χ1) is 8.30. The predicted molar refractivity (Wildman–Crippen MR) is 67.2 cm³/mol. The highest BCUT2D eigenvalue weighted by Gasteiger charge is 2.43. The van der Waals surface area contributed by atoms with Crippen LogP contribution >= 0.6 is 0 Å². The van der Waals surface area contributed by atoms with E-state index in [2.05, 4.69) is 13.8 Å². The van der Waals surface area contributed by atoms with E-state index in [9.17, 15) is 9.59 Å². The number of likely N-dealkylation sites (N-methyl/N-ethyl adjacent to an activating group) is 1. The molecule has 0 bridgehead atoms. The smallest absolute Gasteiger partial charge is 0.305 e. The normalized spacial score (nSPS) is 29.2. The molecule has 2 fully saturated rings. The van der Waals surface area contributed by atoms with Gasteiger partial charge in [-0.05, 0) is 25.3 Å². The lowest BCUT2D eigenvalue weighted by atomic mass is 9.92. The molecule has 2 aliphatic rings. The number of carbonyl (C=O) groups excluding carboxylic acids is 1. The van der Waals surface area contributed by atoms with Crippen molar-refractivity contribution in [2.75, 3.05) is 20.1 Å². The van der Waals surface area contributed by atoms with Gasteiger partial charge < -0.3 is 10.0 Å². The Balaban J connectivity index is 2.22. The number of hydrogen-bond acceptors (Lipinski definition) is 3. The predicted octanol–water partition coefficient (Wildman–Crippen LogP) is 0.792. The molecule has 5 heteroatoms.